The van der Waals surface area contributed by atoms with Crippen LogP contribution in [0.25, 0.3) is 0 Å². The van der Waals surface area contributed by atoms with E-state index in [0.717, 1.165) is 11.3 Å². The lowest BCUT2D eigenvalue weighted by Crippen LogP contribution is -2.44. The lowest BCUT2D eigenvalue weighted by atomic mass is 10.1. The Morgan fingerprint density at radius 1 is 1.33 bits per heavy atom. The summed E-state index contributed by atoms with van der Waals surface area (Å²) in [6.45, 7) is 1.89. The van der Waals surface area contributed by atoms with Gasteiger partial charge in [-0.1, -0.05) is 17.7 Å². The van der Waals surface area contributed by atoms with Gasteiger partial charge in [0.1, 0.15) is 6.04 Å². The SMILES string of the molecule is CSCCC(NC(=O)c1ccco1)C(=O)Nc1ccc(C)c(Cl)c1. The van der Waals surface area contributed by atoms with Crippen molar-refractivity contribution < 1.29 is 14.0 Å². The summed E-state index contributed by atoms with van der Waals surface area (Å²) in [4.78, 5) is 24.6. The molecule has 24 heavy (non-hydrogen) atoms. The minimum atomic E-state index is -0.657. The number of hydrogen-bond donors (Lipinski definition) is 2. The van der Waals surface area contributed by atoms with Crippen molar-refractivity contribution in [2.24, 2.45) is 0 Å². The third-order valence-corrected chi connectivity index (χ3v) is 4.47. The van der Waals surface area contributed by atoms with Crippen LogP contribution in [0.5, 0.6) is 0 Å². The van der Waals surface area contributed by atoms with Gasteiger partial charge < -0.3 is 15.1 Å². The minimum Gasteiger partial charge on any atom is -0.459 e. The van der Waals surface area contributed by atoms with Gasteiger partial charge in [-0.2, -0.15) is 11.8 Å². The van der Waals surface area contributed by atoms with Gasteiger partial charge in [-0.25, -0.2) is 0 Å². The summed E-state index contributed by atoms with van der Waals surface area (Å²) in [6.07, 6.45) is 3.88. The lowest BCUT2D eigenvalue weighted by Gasteiger charge is -2.18. The number of aryl methyl sites for hydroxylation is 1. The average molecular weight is 367 g/mol. The highest BCUT2D eigenvalue weighted by molar-refractivity contribution is 7.98. The van der Waals surface area contributed by atoms with E-state index >= 15 is 0 Å². The first-order valence-electron chi connectivity index (χ1n) is 7.41. The molecule has 2 amide bonds. The van der Waals surface area contributed by atoms with Gasteiger partial charge in [0.15, 0.2) is 5.76 Å². The third kappa shape index (κ3) is 5.04. The van der Waals surface area contributed by atoms with E-state index in [1.165, 1.54) is 6.26 Å². The summed E-state index contributed by atoms with van der Waals surface area (Å²) in [5.41, 5.74) is 1.52. The molecular formula is C17H19ClN2O3S. The highest BCUT2D eigenvalue weighted by Crippen LogP contribution is 2.20. The maximum Gasteiger partial charge on any atom is 0.287 e. The quantitative estimate of drug-likeness (QED) is 0.783. The Hall–Kier alpha value is -1.92. The number of rotatable bonds is 7. The fourth-order valence-corrected chi connectivity index (χ4v) is 2.69. The van der Waals surface area contributed by atoms with Crippen LogP contribution in [0.2, 0.25) is 5.02 Å². The summed E-state index contributed by atoms with van der Waals surface area (Å²) in [5.74, 6) is 0.216. The molecule has 2 aromatic rings. The largest absolute Gasteiger partial charge is 0.459 e. The van der Waals surface area contributed by atoms with E-state index in [4.69, 9.17) is 16.0 Å². The number of carbonyl (C=O) groups is 2. The predicted octanol–water partition coefficient (Wildman–Crippen LogP) is 3.73. The van der Waals surface area contributed by atoms with Gasteiger partial charge in [0.25, 0.3) is 5.91 Å². The number of nitrogens with one attached hydrogen (secondary N) is 2. The zero-order valence-electron chi connectivity index (χ0n) is 13.5. The molecule has 0 aliphatic rings. The van der Waals surface area contributed by atoms with Gasteiger partial charge in [-0.15, -0.1) is 0 Å². The van der Waals surface area contributed by atoms with Crippen LogP contribution >= 0.6 is 23.4 Å². The maximum absolute atomic E-state index is 12.5. The molecule has 1 heterocycles. The number of benzene rings is 1. The minimum absolute atomic E-state index is 0.176. The molecule has 0 spiro atoms. The molecule has 0 saturated carbocycles. The van der Waals surface area contributed by atoms with Crippen LogP contribution in [0, 0.1) is 6.92 Å². The van der Waals surface area contributed by atoms with Crippen LogP contribution in [0.4, 0.5) is 5.69 Å². The van der Waals surface area contributed by atoms with Crippen LogP contribution in [0.3, 0.4) is 0 Å². The molecule has 1 aromatic carbocycles. The molecule has 7 heteroatoms. The van der Waals surface area contributed by atoms with Gasteiger partial charge >= 0.3 is 0 Å². The smallest absolute Gasteiger partial charge is 0.287 e. The second-order valence-corrected chi connectivity index (χ2v) is 6.63. The number of furan rings is 1. The fourth-order valence-electron chi connectivity index (χ4n) is 2.04. The molecule has 1 unspecified atom stereocenters. The number of hydrogen-bond acceptors (Lipinski definition) is 4. The number of thioether (sulfide) groups is 1. The first kappa shape index (κ1) is 18.4. The first-order valence-corrected chi connectivity index (χ1v) is 9.18. The van der Waals surface area contributed by atoms with E-state index < -0.39 is 11.9 Å². The van der Waals surface area contributed by atoms with E-state index in [1.807, 2.05) is 19.2 Å². The van der Waals surface area contributed by atoms with Crippen LogP contribution in [0.15, 0.2) is 41.0 Å². The Balaban J connectivity index is 2.06. The monoisotopic (exact) mass is 366 g/mol. The molecule has 2 N–H and O–H groups in total. The molecule has 5 nitrogen and oxygen atoms in total. The molecule has 0 radical (unpaired) electrons. The highest BCUT2D eigenvalue weighted by atomic mass is 35.5. The Morgan fingerprint density at radius 2 is 2.12 bits per heavy atom. The van der Waals surface area contributed by atoms with Crippen molar-refractivity contribution in [3.8, 4) is 0 Å². The third-order valence-electron chi connectivity index (χ3n) is 3.42. The van der Waals surface area contributed by atoms with Crippen molar-refractivity contribution in [1.82, 2.24) is 5.32 Å². The molecule has 0 aliphatic heterocycles. The van der Waals surface area contributed by atoms with Crippen molar-refractivity contribution in [3.05, 3.63) is 52.9 Å². The summed E-state index contributed by atoms with van der Waals surface area (Å²) in [5, 5.41) is 6.08. The second-order valence-electron chi connectivity index (χ2n) is 5.24. The summed E-state index contributed by atoms with van der Waals surface area (Å²) >= 11 is 7.68. The van der Waals surface area contributed by atoms with E-state index in [-0.39, 0.29) is 11.7 Å². The van der Waals surface area contributed by atoms with E-state index in [9.17, 15) is 9.59 Å². The normalized spacial score (nSPS) is 11.8. The van der Waals surface area contributed by atoms with Crippen molar-refractivity contribution in [2.45, 2.75) is 19.4 Å². The molecule has 0 saturated heterocycles. The number of halogens is 1. The Morgan fingerprint density at radius 3 is 2.75 bits per heavy atom. The van der Waals surface area contributed by atoms with Crippen LogP contribution < -0.4 is 10.6 Å². The Bertz CT molecular complexity index is 704. The molecule has 0 fully saturated rings. The number of carbonyl (C=O) groups excluding carboxylic acids is 2. The van der Waals surface area contributed by atoms with Gasteiger partial charge in [0.05, 0.1) is 6.26 Å². The van der Waals surface area contributed by atoms with Crippen molar-refractivity contribution in [2.75, 3.05) is 17.3 Å². The molecule has 1 atom stereocenters. The zero-order valence-corrected chi connectivity index (χ0v) is 15.0. The van der Waals surface area contributed by atoms with Gasteiger partial charge in [0.2, 0.25) is 5.91 Å². The number of amides is 2. The van der Waals surface area contributed by atoms with Gasteiger partial charge in [0, 0.05) is 10.7 Å². The molecule has 128 valence electrons. The summed E-state index contributed by atoms with van der Waals surface area (Å²) < 4.78 is 5.06. The van der Waals surface area contributed by atoms with Crippen LogP contribution in [0.1, 0.15) is 22.5 Å². The lowest BCUT2D eigenvalue weighted by molar-refractivity contribution is -0.118. The van der Waals surface area contributed by atoms with E-state index in [0.29, 0.717) is 17.1 Å². The molecular weight excluding hydrogens is 348 g/mol. The van der Waals surface area contributed by atoms with Gasteiger partial charge in [-0.05, 0) is 55.2 Å². The van der Waals surface area contributed by atoms with E-state index in [1.54, 1.807) is 36.0 Å². The van der Waals surface area contributed by atoms with Gasteiger partial charge in [-0.3, -0.25) is 9.59 Å². The average Bonchev–Trinajstić information content (AvgIpc) is 3.09. The molecule has 1 aromatic heterocycles. The Labute approximate surface area is 150 Å². The van der Waals surface area contributed by atoms with Crippen molar-refractivity contribution in [3.63, 3.8) is 0 Å². The van der Waals surface area contributed by atoms with E-state index in [2.05, 4.69) is 10.6 Å². The standard InChI is InChI=1S/C17H19ClN2O3S/c1-11-5-6-12(10-13(11)18)19-16(21)14(7-9-24-2)20-17(22)15-4-3-8-23-15/h3-6,8,10,14H,7,9H2,1-2H3,(H,19,21)(H,20,22). The molecule has 0 bridgehead atoms. The zero-order chi connectivity index (χ0) is 17.5. The fraction of sp³-hybridized carbons (Fsp3) is 0.294. The highest BCUT2D eigenvalue weighted by Gasteiger charge is 2.22. The maximum atomic E-state index is 12.5. The Kier molecular flexibility index (Phi) is 6.75. The topological polar surface area (TPSA) is 71.3 Å². The summed E-state index contributed by atoms with van der Waals surface area (Å²) in [7, 11) is 0. The van der Waals surface area contributed by atoms with Crippen molar-refractivity contribution in [1.29, 1.82) is 0 Å². The van der Waals surface area contributed by atoms with Crippen molar-refractivity contribution >= 4 is 40.9 Å². The molecule has 2 rings (SSSR count). The van der Waals surface area contributed by atoms with Crippen LogP contribution in [-0.2, 0) is 4.79 Å². The van der Waals surface area contributed by atoms with Crippen LogP contribution in [-0.4, -0.2) is 29.9 Å². The second kappa shape index (κ2) is 8.80. The number of anilines is 1. The summed E-state index contributed by atoms with van der Waals surface area (Å²) in [6, 6.07) is 7.82. The molecule has 0 aliphatic carbocycles. The predicted molar refractivity (Wildman–Crippen MR) is 97.8 cm³/mol. The first-order chi connectivity index (χ1) is 11.5.